The summed E-state index contributed by atoms with van der Waals surface area (Å²) in [6, 6.07) is 14.8. The summed E-state index contributed by atoms with van der Waals surface area (Å²) in [5, 5.41) is 0. The Morgan fingerprint density at radius 3 is 2.73 bits per heavy atom. The normalized spacial score (nSPS) is 11.1. The summed E-state index contributed by atoms with van der Waals surface area (Å²) in [5.41, 5.74) is 2.93. The van der Waals surface area contributed by atoms with Crippen molar-refractivity contribution in [2.24, 2.45) is 0 Å². The maximum absolute atomic E-state index is 12.4. The van der Waals surface area contributed by atoms with Crippen molar-refractivity contribution in [2.45, 2.75) is 0 Å². The van der Waals surface area contributed by atoms with Crippen LogP contribution >= 0.6 is 0 Å². The molecule has 0 amide bonds. The molecule has 5 nitrogen and oxygen atoms in total. The molecule has 2 aliphatic heterocycles. The predicted molar refractivity (Wildman–Crippen MR) is 82.8 cm³/mol. The summed E-state index contributed by atoms with van der Waals surface area (Å²) in [6.07, 6.45) is 1.55. The standard InChI is InChI=1S/C17H12N2O3/c1-21-14-8-4-2-6-11(14)16-13-10-22-15-9-5-3-7-12(15)19(13)17(20)18-16/h2-10H,1H3. The number of hydrogen-bond acceptors (Lipinski definition) is 4. The molecule has 22 heavy (non-hydrogen) atoms. The first kappa shape index (κ1) is 12.6. The highest BCUT2D eigenvalue weighted by molar-refractivity contribution is 5.81. The molecule has 2 heterocycles. The molecule has 2 aliphatic rings. The van der Waals surface area contributed by atoms with E-state index in [0.717, 1.165) is 5.56 Å². The second kappa shape index (κ2) is 4.73. The van der Waals surface area contributed by atoms with E-state index < -0.39 is 0 Å². The fourth-order valence-electron chi connectivity index (χ4n) is 2.65. The molecule has 0 N–H and O–H groups in total. The molecule has 0 saturated carbocycles. The zero-order valence-electron chi connectivity index (χ0n) is 11.8. The Bertz CT molecular complexity index is 1000. The van der Waals surface area contributed by atoms with E-state index in [0.29, 0.717) is 28.2 Å². The zero-order valence-corrected chi connectivity index (χ0v) is 11.8. The number of ether oxygens (including phenoxy) is 1. The Labute approximate surface area is 125 Å². The lowest BCUT2D eigenvalue weighted by Crippen LogP contribution is -2.14. The Kier molecular flexibility index (Phi) is 2.72. The monoisotopic (exact) mass is 292 g/mol. The summed E-state index contributed by atoms with van der Waals surface area (Å²) in [4.78, 5) is 16.5. The van der Waals surface area contributed by atoms with Crippen molar-refractivity contribution in [1.29, 1.82) is 0 Å². The second-order valence-electron chi connectivity index (χ2n) is 4.87. The maximum atomic E-state index is 12.4. The van der Waals surface area contributed by atoms with Crippen molar-refractivity contribution in [1.82, 2.24) is 9.55 Å². The van der Waals surface area contributed by atoms with Crippen LogP contribution in [0.25, 0.3) is 28.0 Å². The molecule has 0 unspecified atom stereocenters. The van der Waals surface area contributed by atoms with Crippen LogP contribution in [0.3, 0.4) is 0 Å². The van der Waals surface area contributed by atoms with Crippen LogP contribution < -0.4 is 10.4 Å². The molecule has 5 heteroatoms. The average Bonchev–Trinajstić information content (AvgIpc) is 2.92. The summed E-state index contributed by atoms with van der Waals surface area (Å²) < 4.78 is 12.6. The SMILES string of the molecule is COc1ccccc1-c1nc(=O)n2c3ccccc3occ1-2. The fraction of sp³-hybridized carbons (Fsp3) is 0.0588. The molecule has 0 atom stereocenters. The molecule has 4 rings (SSSR count). The molecular weight excluding hydrogens is 280 g/mol. The highest BCUT2D eigenvalue weighted by atomic mass is 16.5. The number of para-hydroxylation sites is 3. The van der Waals surface area contributed by atoms with Gasteiger partial charge in [0.15, 0.2) is 5.58 Å². The molecule has 0 fully saturated rings. The number of rotatable bonds is 2. The van der Waals surface area contributed by atoms with Crippen LogP contribution in [0, 0.1) is 0 Å². The molecule has 0 spiro atoms. The number of methoxy groups -OCH3 is 1. The summed E-state index contributed by atoms with van der Waals surface area (Å²) in [5.74, 6) is 0.663. The third kappa shape index (κ3) is 1.72. The molecule has 2 aromatic carbocycles. The Balaban J connectivity index is 2.07. The van der Waals surface area contributed by atoms with Crippen LogP contribution in [0.15, 0.2) is 64.0 Å². The quantitative estimate of drug-likeness (QED) is 0.569. The Morgan fingerprint density at radius 1 is 1.09 bits per heavy atom. The topological polar surface area (TPSA) is 57.3 Å². The molecular formula is C17H12N2O3. The highest BCUT2D eigenvalue weighted by Gasteiger charge is 2.21. The van der Waals surface area contributed by atoms with E-state index in [-0.39, 0.29) is 5.69 Å². The van der Waals surface area contributed by atoms with Gasteiger partial charge in [-0.25, -0.2) is 4.79 Å². The van der Waals surface area contributed by atoms with Gasteiger partial charge in [-0.1, -0.05) is 24.3 Å². The number of aromatic nitrogens is 2. The molecule has 108 valence electrons. The van der Waals surface area contributed by atoms with Crippen molar-refractivity contribution >= 4 is 11.1 Å². The Hall–Kier alpha value is -3.08. The summed E-state index contributed by atoms with van der Waals surface area (Å²) in [7, 11) is 1.59. The van der Waals surface area contributed by atoms with Gasteiger partial charge in [0.1, 0.15) is 23.4 Å². The van der Waals surface area contributed by atoms with Crippen molar-refractivity contribution in [3.63, 3.8) is 0 Å². The van der Waals surface area contributed by atoms with Crippen LogP contribution in [0.5, 0.6) is 5.75 Å². The minimum Gasteiger partial charge on any atom is -0.496 e. The van der Waals surface area contributed by atoms with Gasteiger partial charge < -0.3 is 9.15 Å². The fourth-order valence-corrected chi connectivity index (χ4v) is 2.65. The van der Waals surface area contributed by atoms with E-state index >= 15 is 0 Å². The van der Waals surface area contributed by atoms with Gasteiger partial charge in [0, 0.05) is 5.56 Å². The van der Waals surface area contributed by atoms with E-state index in [9.17, 15) is 4.79 Å². The van der Waals surface area contributed by atoms with Gasteiger partial charge in [-0.05, 0) is 24.3 Å². The van der Waals surface area contributed by atoms with Gasteiger partial charge in [-0.2, -0.15) is 4.98 Å². The lowest BCUT2D eigenvalue weighted by Gasteiger charge is -2.09. The van der Waals surface area contributed by atoms with E-state index in [2.05, 4.69) is 4.98 Å². The van der Waals surface area contributed by atoms with Crippen molar-refractivity contribution in [2.75, 3.05) is 7.11 Å². The molecule has 2 aromatic rings. The van der Waals surface area contributed by atoms with Gasteiger partial charge in [0.25, 0.3) is 0 Å². The first-order chi connectivity index (χ1) is 10.8. The van der Waals surface area contributed by atoms with Gasteiger partial charge in [0.2, 0.25) is 0 Å². The summed E-state index contributed by atoms with van der Waals surface area (Å²) in [6.45, 7) is 0. The van der Waals surface area contributed by atoms with E-state index in [1.54, 1.807) is 17.9 Å². The summed E-state index contributed by atoms with van der Waals surface area (Å²) >= 11 is 0. The zero-order chi connectivity index (χ0) is 15.1. The van der Waals surface area contributed by atoms with Crippen molar-refractivity contribution in [3.05, 3.63) is 65.3 Å². The van der Waals surface area contributed by atoms with Crippen LogP contribution in [0.4, 0.5) is 0 Å². The Morgan fingerprint density at radius 2 is 1.86 bits per heavy atom. The first-order valence-electron chi connectivity index (χ1n) is 6.82. The lowest BCUT2D eigenvalue weighted by atomic mass is 10.1. The van der Waals surface area contributed by atoms with Gasteiger partial charge in [-0.3, -0.25) is 4.57 Å². The van der Waals surface area contributed by atoms with Crippen molar-refractivity contribution < 1.29 is 9.15 Å². The highest BCUT2D eigenvalue weighted by Crippen LogP contribution is 2.33. The van der Waals surface area contributed by atoms with Gasteiger partial charge in [0.05, 0.1) is 12.6 Å². The molecule has 0 radical (unpaired) electrons. The smallest absolute Gasteiger partial charge is 0.353 e. The molecule has 0 bridgehead atoms. The first-order valence-corrected chi connectivity index (χ1v) is 6.82. The number of imidazole rings is 1. The molecule has 0 saturated heterocycles. The average molecular weight is 292 g/mol. The second-order valence-corrected chi connectivity index (χ2v) is 4.87. The number of benzene rings is 2. The van der Waals surface area contributed by atoms with Gasteiger partial charge >= 0.3 is 5.69 Å². The minimum atomic E-state index is -0.331. The number of nitrogens with zero attached hydrogens (tertiary/aromatic N) is 2. The molecule has 0 aliphatic carbocycles. The third-order valence-corrected chi connectivity index (χ3v) is 3.65. The maximum Gasteiger partial charge on any atom is 0.353 e. The molecule has 0 aromatic heterocycles. The lowest BCUT2D eigenvalue weighted by molar-refractivity contribution is 0.416. The van der Waals surface area contributed by atoms with Crippen LogP contribution in [0.2, 0.25) is 0 Å². The largest absolute Gasteiger partial charge is 0.496 e. The number of hydrogen-bond donors (Lipinski definition) is 0. The van der Waals surface area contributed by atoms with E-state index in [1.807, 2.05) is 48.5 Å². The number of fused-ring (bicyclic) bond motifs is 3. The van der Waals surface area contributed by atoms with Crippen LogP contribution in [-0.4, -0.2) is 16.7 Å². The third-order valence-electron chi connectivity index (χ3n) is 3.65. The van der Waals surface area contributed by atoms with Crippen LogP contribution in [0.1, 0.15) is 0 Å². The van der Waals surface area contributed by atoms with E-state index in [4.69, 9.17) is 9.15 Å². The predicted octanol–water partition coefficient (Wildman–Crippen LogP) is 3.09. The minimum absolute atomic E-state index is 0.331. The van der Waals surface area contributed by atoms with Crippen LogP contribution in [-0.2, 0) is 0 Å². The van der Waals surface area contributed by atoms with E-state index in [1.165, 1.54) is 0 Å². The van der Waals surface area contributed by atoms with Crippen molar-refractivity contribution in [3.8, 4) is 22.7 Å². The van der Waals surface area contributed by atoms with Gasteiger partial charge in [-0.15, -0.1) is 0 Å².